The molecular weight excluding hydrogens is 741 g/mol. The van der Waals surface area contributed by atoms with Crippen LogP contribution in [0.3, 0.4) is 0 Å². The Balaban J connectivity index is 4.59. The molecule has 10 nitrogen and oxygen atoms in total. The molecule has 0 radical (unpaired) electrons. The van der Waals surface area contributed by atoms with Crippen LogP contribution in [-0.4, -0.2) is 91.4 Å². The van der Waals surface area contributed by atoms with Crippen LogP contribution >= 0.6 is 7.82 Å². The van der Waals surface area contributed by atoms with Gasteiger partial charge in [0.25, 0.3) is 0 Å². The molecular formula is C46H83NO9P+. The summed E-state index contributed by atoms with van der Waals surface area (Å²) in [5, 5.41) is 20.4. The number of hydrogen-bond donors (Lipinski definition) is 3. The molecule has 330 valence electrons. The summed E-state index contributed by atoms with van der Waals surface area (Å²) in [5.74, 6) is -0.524. The number of phosphoric acid groups is 1. The number of aliphatic hydroxyl groups excluding tert-OH is 2. The first-order valence-electron chi connectivity index (χ1n) is 21.9. The standard InChI is InChI=1S/C46H82NO9P/c1-6-8-10-12-14-15-16-17-18-19-20-21-22-23-27-31-39-53-41-45(42-55-57(51,52)54-40-38-47(3,4)5)56-46(50)37-32-36-44(49)35-30-26-25-29-34-43(48)33-28-24-13-11-9-7-2/h15-16,24-26,28-31,34-35,39,43-45,48-49H,6-14,17-23,27,32-33,36-38,40-42H2,1-5H3/p+1/b16-15-,26-25+,28-24-,34-29+,35-30-,39-31+/t43-,44-,45+/m0/s1. The number of hydrogen-bond acceptors (Lipinski definition) is 8. The van der Waals surface area contributed by atoms with Crippen LogP contribution in [0.4, 0.5) is 0 Å². The van der Waals surface area contributed by atoms with Gasteiger partial charge in [-0.1, -0.05) is 132 Å². The van der Waals surface area contributed by atoms with Crippen LogP contribution in [0.15, 0.2) is 73.1 Å². The quantitative estimate of drug-likeness (QED) is 0.0105. The zero-order valence-electron chi connectivity index (χ0n) is 36.5. The van der Waals surface area contributed by atoms with E-state index < -0.39 is 32.1 Å². The maximum Gasteiger partial charge on any atom is 0.472 e. The molecule has 0 aliphatic carbocycles. The van der Waals surface area contributed by atoms with Crippen molar-refractivity contribution in [2.45, 2.75) is 167 Å². The second kappa shape index (κ2) is 37.9. The molecule has 0 saturated carbocycles. The molecule has 11 heteroatoms. The van der Waals surface area contributed by atoms with Crippen LogP contribution in [0.2, 0.25) is 0 Å². The Morgan fingerprint density at radius 1 is 0.649 bits per heavy atom. The zero-order valence-corrected chi connectivity index (χ0v) is 37.4. The minimum Gasteiger partial charge on any atom is -0.498 e. The van der Waals surface area contributed by atoms with E-state index in [1.165, 1.54) is 83.5 Å². The molecule has 0 aromatic rings. The number of unbranched alkanes of at least 4 members (excludes halogenated alkanes) is 14. The second-order valence-electron chi connectivity index (χ2n) is 15.8. The number of phosphoric ester groups is 1. The van der Waals surface area contributed by atoms with Gasteiger partial charge in [0, 0.05) is 6.42 Å². The lowest BCUT2D eigenvalue weighted by Gasteiger charge is -2.24. The molecule has 0 aromatic carbocycles. The molecule has 4 atom stereocenters. The van der Waals surface area contributed by atoms with Crippen LogP contribution in [0.25, 0.3) is 0 Å². The Morgan fingerprint density at radius 2 is 1.18 bits per heavy atom. The van der Waals surface area contributed by atoms with Gasteiger partial charge in [-0.3, -0.25) is 13.8 Å². The lowest BCUT2D eigenvalue weighted by atomic mass is 10.1. The number of carbonyl (C=O) groups excluding carboxylic acids is 1. The third-order valence-electron chi connectivity index (χ3n) is 8.99. The van der Waals surface area contributed by atoms with Gasteiger partial charge < -0.3 is 29.1 Å². The van der Waals surface area contributed by atoms with E-state index >= 15 is 0 Å². The van der Waals surface area contributed by atoms with Gasteiger partial charge in [-0.15, -0.1) is 0 Å². The minimum absolute atomic E-state index is 0.0289. The first kappa shape index (κ1) is 54.7. The monoisotopic (exact) mass is 825 g/mol. The van der Waals surface area contributed by atoms with Crippen LogP contribution in [-0.2, 0) is 27.9 Å². The van der Waals surface area contributed by atoms with Crippen molar-refractivity contribution < 1.29 is 47.5 Å². The summed E-state index contributed by atoms with van der Waals surface area (Å²) in [4.78, 5) is 22.9. The minimum atomic E-state index is -4.36. The van der Waals surface area contributed by atoms with Crippen molar-refractivity contribution in [2.75, 3.05) is 47.5 Å². The number of likely N-dealkylation sites (N-methyl/N-ethyl adjacent to an activating group) is 1. The van der Waals surface area contributed by atoms with Gasteiger partial charge >= 0.3 is 13.8 Å². The smallest absolute Gasteiger partial charge is 0.472 e. The number of carbonyl (C=O) groups is 1. The number of esters is 1. The van der Waals surface area contributed by atoms with E-state index in [2.05, 4.69) is 32.1 Å². The normalized spacial score (nSPS) is 15.5. The van der Waals surface area contributed by atoms with E-state index in [0.717, 1.165) is 25.7 Å². The number of ether oxygens (including phenoxy) is 2. The highest BCUT2D eigenvalue weighted by molar-refractivity contribution is 7.47. The van der Waals surface area contributed by atoms with Crippen molar-refractivity contribution in [3.8, 4) is 0 Å². The van der Waals surface area contributed by atoms with E-state index in [-0.39, 0.29) is 26.2 Å². The summed E-state index contributed by atoms with van der Waals surface area (Å²) in [7, 11) is 1.47. The highest BCUT2D eigenvalue weighted by Gasteiger charge is 2.26. The SMILES string of the molecule is CCCCC/C=C\C[C@H](O)/C=C/C=C/C=C\[C@H](O)CCCC(=O)O[C@H](CO/C=C/CCCCCCCC/C=C\CCCCCC)COP(=O)(O)OCC[N+](C)(C)C. The van der Waals surface area contributed by atoms with E-state index in [1.54, 1.807) is 42.7 Å². The largest absolute Gasteiger partial charge is 0.498 e. The Morgan fingerprint density at radius 3 is 1.79 bits per heavy atom. The van der Waals surface area contributed by atoms with Gasteiger partial charge in [0.2, 0.25) is 0 Å². The fourth-order valence-corrected chi connectivity index (χ4v) is 6.21. The van der Waals surface area contributed by atoms with E-state index in [0.29, 0.717) is 30.3 Å². The van der Waals surface area contributed by atoms with Crippen molar-refractivity contribution in [1.82, 2.24) is 0 Å². The molecule has 0 amide bonds. The summed E-state index contributed by atoms with van der Waals surface area (Å²) in [6, 6.07) is 0. The first-order chi connectivity index (χ1) is 27.4. The molecule has 1 unspecified atom stereocenters. The zero-order chi connectivity index (χ0) is 42.3. The predicted octanol–water partition coefficient (Wildman–Crippen LogP) is 11.0. The average molecular weight is 825 g/mol. The molecule has 0 bridgehead atoms. The highest BCUT2D eigenvalue weighted by Crippen LogP contribution is 2.43. The molecule has 0 fully saturated rings. The van der Waals surface area contributed by atoms with Crippen LogP contribution < -0.4 is 0 Å². The maximum atomic E-state index is 12.7. The Kier molecular flexibility index (Phi) is 36.4. The van der Waals surface area contributed by atoms with Crippen molar-refractivity contribution in [3.63, 3.8) is 0 Å². The maximum absolute atomic E-state index is 12.7. The third kappa shape index (κ3) is 41.7. The summed E-state index contributed by atoms with van der Waals surface area (Å²) >= 11 is 0. The fourth-order valence-electron chi connectivity index (χ4n) is 5.47. The van der Waals surface area contributed by atoms with Crippen LogP contribution in [0, 0.1) is 0 Å². The van der Waals surface area contributed by atoms with Gasteiger partial charge in [-0.2, -0.15) is 0 Å². The van der Waals surface area contributed by atoms with Crippen molar-refractivity contribution in [1.29, 1.82) is 0 Å². The van der Waals surface area contributed by atoms with Gasteiger partial charge in [0.15, 0.2) is 6.10 Å². The van der Waals surface area contributed by atoms with Gasteiger partial charge in [0.1, 0.15) is 19.8 Å². The molecule has 57 heavy (non-hydrogen) atoms. The lowest BCUT2D eigenvalue weighted by molar-refractivity contribution is -0.870. The molecule has 0 heterocycles. The third-order valence-corrected chi connectivity index (χ3v) is 9.98. The van der Waals surface area contributed by atoms with E-state index in [4.69, 9.17) is 18.5 Å². The highest BCUT2D eigenvalue weighted by atomic mass is 31.2. The molecule has 0 aliphatic rings. The molecule has 0 aliphatic heterocycles. The predicted molar refractivity (Wildman–Crippen MR) is 236 cm³/mol. The first-order valence-corrected chi connectivity index (χ1v) is 23.4. The van der Waals surface area contributed by atoms with Crippen molar-refractivity contribution in [2.24, 2.45) is 0 Å². The number of aliphatic hydroxyl groups is 2. The lowest BCUT2D eigenvalue weighted by Crippen LogP contribution is -2.37. The average Bonchev–Trinajstić information content (AvgIpc) is 3.15. The van der Waals surface area contributed by atoms with Crippen molar-refractivity contribution >= 4 is 13.8 Å². The molecule has 0 aromatic heterocycles. The van der Waals surface area contributed by atoms with Gasteiger partial charge in [-0.25, -0.2) is 4.57 Å². The fraction of sp³-hybridized carbons (Fsp3) is 0.717. The molecule has 3 N–H and O–H groups in total. The summed E-state index contributed by atoms with van der Waals surface area (Å²) in [5.41, 5.74) is 0. The van der Waals surface area contributed by atoms with Crippen molar-refractivity contribution in [3.05, 3.63) is 73.1 Å². The van der Waals surface area contributed by atoms with Gasteiger partial charge in [0.05, 0.1) is 46.2 Å². The molecule has 0 rings (SSSR count). The Bertz CT molecular complexity index is 1170. The van der Waals surface area contributed by atoms with Crippen LogP contribution in [0.1, 0.15) is 149 Å². The molecule has 0 spiro atoms. The number of nitrogens with zero attached hydrogens (tertiary/aromatic N) is 1. The van der Waals surface area contributed by atoms with E-state index in [9.17, 15) is 24.5 Å². The number of quaternary nitrogens is 1. The van der Waals surface area contributed by atoms with Crippen LogP contribution in [0.5, 0.6) is 0 Å². The summed E-state index contributed by atoms with van der Waals surface area (Å²) in [6.07, 6.45) is 42.3. The number of rotatable bonds is 39. The Hall–Kier alpha value is -2.30. The summed E-state index contributed by atoms with van der Waals surface area (Å²) in [6.45, 7) is 4.54. The Labute approximate surface area is 348 Å². The van der Waals surface area contributed by atoms with E-state index in [1.807, 2.05) is 33.3 Å². The number of allylic oxidation sites excluding steroid dienone is 8. The summed E-state index contributed by atoms with van der Waals surface area (Å²) < 4.78 is 34.5. The molecule has 0 saturated heterocycles. The van der Waals surface area contributed by atoms with Gasteiger partial charge in [-0.05, 0) is 76.7 Å². The topological polar surface area (TPSA) is 132 Å². The second-order valence-corrected chi connectivity index (χ2v) is 17.3.